The number of hydrogen-bond donors (Lipinski definition) is 1. The first-order valence-corrected chi connectivity index (χ1v) is 10.2. The number of amides is 1. The van der Waals surface area contributed by atoms with Gasteiger partial charge in [-0.05, 0) is 60.5 Å². The molecule has 0 fully saturated rings. The van der Waals surface area contributed by atoms with E-state index in [9.17, 15) is 4.79 Å². The average molecular weight is 431 g/mol. The number of hydrogen-bond acceptors (Lipinski definition) is 5. The van der Waals surface area contributed by atoms with Gasteiger partial charge in [-0.3, -0.25) is 4.79 Å². The van der Waals surface area contributed by atoms with Gasteiger partial charge in [0.2, 0.25) is 0 Å². The second-order valence-electron chi connectivity index (χ2n) is 7.34. The minimum atomic E-state index is -0.165. The van der Waals surface area contributed by atoms with Crippen LogP contribution in [0.5, 0.6) is 17.2 Å². The molecular weight excluding hydrogens is 406 g/mol. The molecule has 4 rings (SSSR count). The highest BCUT2D eigenvalue weighted by Crippen LogP contribution is 2.27. The largest absolute Gasteiger partial charge is 0.493 e. The summed E-state index contributed by atoms with van der Waals surface area (Å²) in [6, 6.07) is 16.6. The Hall–Kier alpha value is -4.00. The molecule has 7 heteroatoms. The number of pyridine rings is 1. The molecule has 0 aliphatic carbocycles. The van der Waals surface area contributed by atoms with Crippen molar-refractivity contribution in [2.24, 2.45) is 0 Å². The summed E-state index contributed by atoms with van der Waals surface area (Å²) < 4.78 is 18.4. The molecule has 0 saturated carbocycles. The first-order chi connectivity index (χ1) is 15.6. The molecular formula is C25H25N3O4. The Labute approximate surface area is 186 Å². The number of carbonyl (C=O) groups is 1. The van der Waals surface area contributed by atoms with Crippen LogP contribution in [0.15, 0.2) is 67.0 Å². The molecule has 7 nitrogen and oxygen atoms in total. The fraction of sp³-hybridized carbons (Fsp3) is 0.200. The smallest absolute Gasteiger partial charge is 0.251 e. The molecule has 0 bridgehead atoms. The Balaban J connectivity index is 1.33. The van der Waals surface area contributed by atoms with Gasteiger partial charge in [-0.1, -0.05) is 12.1 Å². The predicted octanol–water partition coefficient (Wildman–Crippen LogP) is 4.17. The van der Waals surface area contributed by atoms with E-state index in [1.54, 1.807) is 38.5 Å². The second-order valence-corrected chi connectivity index (χ2v) is 7.34. The van der Waals surface area contributed by atoms with Crippen LogP contribution in [0.1, 0.15) is 27.2 Å². The molecule has 4 aromatic rings. The van der Waals surface area contributed by atoms with Gasteiger partial charge in [0.05, 0.1) is 19.9 Å². The van der Waals surface area contributed by atoms with E-state index in [2.05, 4.69) is 10.3 Å². The SMILES string of the molecule is COc1ccc(CNC(=O)c2ccc(OCc3cn4cccc(C)c4n3)cc2)cc1OC. The Bertz CT molecular complexity index is 1230. The van der Waals surface area contributed by atoms with Crippen molar-refractivity contribution in [2.75, 3.05) is 14.2 Å². The fourth-order valence-corrected chi connectivity index (χ4v) is 3.41. The van der Waals surface area contributed by atoms with E-state index in [0.29, 0.717) is 36.0 Å². The number of aryl methyl sites for hydroxylation is 1. The maximum absolute atomic E-state index is 12.5. The number of fused-ring (bicyclic) bond motifs is 1. The number of nitrogens with zero attached hydrogens (tertiary/aromatic N) is 2. The molecule has 2 aromatic heterocycles. The van der Waals surface area contributed by atoms with Gasteiger partial charge in [-0.2, -0.15) is 0 Å². The number of benzene rings is 2. The second kappa shape index (κ2) is 9.43. The summed E-state index contributed by atoms with van der Waals surface area (Å²) in [7, 11) is 3.17. The monoisotopic (exact) mass is 431 g/mol. The zero-order valence-electron chi connectivity index (χ0n) is 18.3. The Morgan fingerprint density at radius 3 is 2.53 bits per heavy atom. The van der Waals surface area contributed by atoms with E-state index >= 15 is 0 Å². The van der Waals surface area contributed by atoms with Crippen molar-refractivity contribution in [1.29, 1.82) is 0 Å². The fourth-order valence-electron chi connectivity index (χ4n) is 3.41. The van der Waals surface area contributed by atoms with Gasteiger partial charge in [0.25, 0.3) is 5.91 Å². The van der Waals surface area contributed by atoms with Gasteiger partial charge >= 0.3 is 0 Å². The summed E-state index contributed by atoms with van der Waals surface area (Å²) in [5.41, 5.74) is 4.35. The van der Waals surface area contributed by atoms with Gasteiger partial charge in [0.15, 0.2) is 11.5 Å². The van der Waals surface area contributed by atoms with Crippen LogP contribution in [0, 0.1) is 6.92 Å². The molecule has 0 aliphatic heterocycles. The molecule has 0 radical (unpaired) electrons. The van der Waals surface area contributed by atoms with Crippen molar-refractivity contribution in [3.63, 3.8) is 0 Å². The van der Waals surface area contributed by atoms with Crippen molar-refractivity contribution < 1.29 is 19.0 Å². The molecule has 32 heavy (non-hydrogen) atoms. The quantitative estimate of drug-likeness (QED) is 0.453. The van der Waals surface area contributed by atoms with Crippen molar-refractivity contribution >= 4 is 11.6 Å². The van der Waals surface area contributed by atoms with Gasteiger partial charge in [-0.25, -0.2) is 4.98 Å². The Morgan fingerprint density at radius 1 is 1.03 bits per heavy atom. The molecule has 0 aliphatic rings. The number of ether oxygens (including phenoxy) is 3. The third kappa shape index (κ3) is 4.67. The maximum atomic E-state index is 12.5. The lowest BCUT2D eigenvalue weighted by Gasteiger charge is -2.11. The van der Waals surface area contributed by atoms with Crippen LogP contribution in [-0.4, -0.2) is 29.5 Å². The summed E-state index contributed by atoms with van der Waals surface area (Å²) in [5, 5.41) is 2.91. The average Bonchev–Trinajstić information content (AvgIpc) is 3.26. The van der Waals surface area contributed by atoms with Crippen LogP contribution >= 0.6 is 0 Å². The molecule has 0 atom stereocenters. The highest BCUT2D eigenvalue weighted by atomic mass is 16.5. The topological polar surface area (TPSA) is 74.1 Å². The molecule has 0 unspecified atom stereocenters. The molecule has 0 saturated heterocycles. The lowest BCUT2D eigenvalue weighted by atomic mass is 10.1. The lowest BCUT2D eigenvalue weighted by molar-refractivity contribution is 0.0951. The Kier molecular flexibility index (Phi) is 6.26. The van der Waals surface area contributed by atoms with Crippen molar-refractivity contribution in [1.82, 2.24) is 14.7 Å². The first-order valence-electron chi connectivity index (χ1n) is 10.2. The number of nitrogens with one attached hydrogen (secondary N) is 1. The molecule has 164 valence electrons. The number of carbonyl (C=O) groups excluding carboxylic acids is 1. The van der Waals surface area contributed by atoms with Crippen molar-refractivity contribution in [2.45, 2.75) is 20.1 Å². The Morgan fingerprint density at radius 2 is 1.81 bits per heavy atom. The third-order valence-electron chi connectivity index (χ3n) is 5.13. The standard InChI is InChI=1S/C25H25N3O4/c1-17-5-4-12-28-15-20(27-24(17)28)16-32-21-9-7-19(8-10-21)25(29)26-14-18-6-11-22(30-2)23(13-18)31-3/h4-13,15H,14,16H2,1-3H3,(H,26,29). The molecule has 2 heterocycles. The highest BCUT2D eigenvalue weighted by molar-refractivity contribution is 5.94. The van der Waals surface area contributed by atoms with Crippen LogP contribution in [0.4, 0.5) is 0 Å². The summed E-state index contributed by atoms with van der Waals surface area (Å²) in [6.07, 6.45) is 3.92. The van der Waals surface area contributed by atoms with Gasteiger partial charge < -0.3 is 23.9 Å². The summed E-state index contributed by atoms with van der Waals surface area (Å²) in [4.78, 5) is 17.1. The van der Waals surface area contributed by atoms with Crippen molar-refractivity contribution in [3.05, 3.63) is 89.4 Å². The lowest BCUT2D eigenvalue weighted by Crippen LogP contribution is -2.22. The van der Waals surface area contributed by atoms with Crippen molar-refractivity contribution in [3.8, 4) is 17.2 Å². The molecule has 0 spiro atoms. The third-order valence-corrected chi connectivity index (χ3v) is 5.13. The first kappa shape index (κ1) is 21.2. The van der Waals surface area contributed by atoms with E-state index in [0.717, 1.165) is 22.5 Å². The van der Waals surface area contributed by atoms with Gasteiger partial charge in [0.1, 0.15) is 18.0 Å². The summed E-state index contributed by atoms with van der Waals surface area (Å²) >= 11 is 0. The number of methoxy groups -OCH3 is 2. The molecule has 2 aromatic carbocycles. The maximum Gasteiger partial charge on any atom is 0.251 e. The predicted molar refractivity (Wildman–Crippen MR) is 121 cm³/mol. The van der Waals surface area contributed by atoms with Crippen LogP contribution in [0.3, 0.4) is 0 Å². The van der Waals surface area contributed by atoms with E-state index < -0.39 is 0 Å². The molecule has 1 N–H and O–H groups in total. The van der Waals surface area contributed by atoms with E-state index in [4.69, 9.17) is 14.2 Å². The van der Waals surface area contributed by atoms with Gasteiger partial charge in [-0.15, -0.1) is 0 Å². The van der Waals surface area contributed by atoms with Crippen LogP contribution < -0.4 is 19.5 Å². The van der Waals surface area contributed by atoms with Crippen LogP contribution in [-0.2, 0) is 13.2 Å². The van der Waals surface area contributed by atoms with E-state index in [-0.39, 0.29) is 5.91 Å². The zero-order chi connectivity index (χ0) is 22.5. The minimum Gasteiger partial charge on any atom is -0.493 e. The summed E-state index contributed by atoms with van der Waals surface area (Å²) in [6.45, 7) is 2.76. The number of rotatable bonds is 8. The molecule has 1 amide bonds. The zero-order valence-corrected chi connectivity index (χ0v) is 18.3. The highest BCUT2D eigenvalue weighted by Gasteiger charge is 2.09. The normalized spacial score (nSPS) is 10.7. The minimum absolute atomic E-state index is 0.165. The van der Waals surface area contributed by atoms with E-state index in [1.807, 2.05) is 54.0 Å². The van der Waals surface area contributed by atoms with Crippen LogP contribution in [0.25, 0.3) is 5.65 Å². The van der Waals surface area contributed by atoms with Gasteiger partial charge in [0, 0.05) is 24.5 Å². The van der Waals surface area contributed by atoms with Crippen LogP contribution in [0.2, 0.25) is 0 Å². The number of aromatic nitrogens is 2. The van der Waals surface area contributed by atoms with E-state index in [1.165, 1.54) is 0 Å². The number of imidazole rings is 1. The summed E-state index contributed by atoms with van der Waals surface area (Å²) in [5.74, 6) is 1.79.